The lowest BCUT2D eigenvalue weighted by molar-refractivity contribution is 0.0984. The van der Waals surface area contributed by atoms with Crippen LogP contribution in [-0.4, -0.2) is 48.8 Å². The zero-order valence-electron chi connectivity index (χ0n) is 20.0. The number of amides is 1. The molecule has 1 saturated heterocycles. The number of nitrogens with zero attached hydrogens (tertiary/aromatic N) is 4. The Bertz CT molecular complexity index is 1500. The lowest BCUT2D eigenvalue weighted by atomic mass is 10.2. The van der Waals surface area contributed by atoms with Crippen LogP contribution in [0.4, 0.5) is 5.13 Å². The zero-order chi connectivity index (χ0) is 25.3. The van der Waals surface area contributed by atoms with Crippen molar-refractivity contribution in [3.63, 3.8) is 0 Å². The third-order valence-electron chi connectivity index (χ3n) is 6.24. The summed E-state index contributed by atoms with van der Waals surface area (Å²) in [4.78, 5) is 24.7. The van der Waals surface area contributed by atoms with E-state index in [-0.39, 0.29) is 17.3 Å². The number of ether oxygens (including phenoxy) is 1. The van der Waals surface area contributed by atoms with E-state index in [0.717, 1.165) is 23.1 Å². The summed E-state index contributed by atoms with van der Waals surface area (Å²) in [6.07, 6.45) is 3.41. The van der Waals surface area contributed by atoms with E-state index in [0.29, 0.717) is 40.7 Å². The van der Waals surface area contributed by atoms with E-state index in [9.17, 15) is 13.2 Å². The number of rotatable bonds is 7. The number of benzene rings is 2. The first kappa shape index (κ1) is 24.4. The predicted octanol–water partition coefficient (Wildman–Crippen LogP) is 4.64. The van der Waals surface area contributed by atoms with Crippen molar-refractivity contribution in [3.05, 3.63) is 77.6 Å². The van der Waals surface area contributed by atoms with E-state index in [2.05, 4.69) is 4.98 Å². The molecule has 1 amide bonds. The summed E-state index contributed by atoms with van der Waals surface area (Å²) in [5, 5.41) is 0.516. The molecule has 1 fully saturated rings. The average Bonchev–Trinajstić information content (AvgIpc) is 3.60. The molecule has 8 nitrogen and oxygen atoms in total. The Balaban J connectivity index is 1.52. The normalized spacial score (nSPS) is 14.3. The third-order valence-corrected chi connectivity index (χ3v) is 9.36. The highest BCUT2D eigenvalue weighted by Gasteiger charge is 2.28. The number of thiazole rings is 1. The van der Waals surface area contributed by atoms with E-state index in [1.165, 1.54) is 27.8 Å². The fraction of sp³-hybridized carbons (Fsp3) is 0.269. The maximum absolute atomic E-state index is 13.8. The monoisotopic (exact) mass is 522 g/mol. The average molecular weight is 523 g/mol. The number of aryl methyl sites for hydroxylation is 1. The van der Waals surface area contributed by atoms with Crippen LogP contribution in [0.2, 0.25) is 0 Å². The number of aromatic nitrogens is 2. The van der Waals surface area contributed by atoms with E-state index in [1.807, 2.05) is 37.3 Å². The first-order valence-corrected chi connectivity index (χ1v) is 13.9. The molecule has 1 aliphatic rings. The molecule has 0 N–H and O–H groups in total. The summed E-state index contributed by atoms with van der Waals surface area (Å²) < 4.78 is 33.7. The quantitative estimate of drug-likeness (QED) is 0.351. The number of pyridine rings is 1. The van der Waals surface area contributed by atoms with Gasteiger partial charge in [-0.1, -0.05) is 23.5 Å². The van der Waals surface area contributed by atoms with Gasteiger partial charge in [-0.25, -0.2) is 13.4 Å². The van der Waals surface area contributed by atoms with Crippen LogP contribution in [-0.2, 0) is 16.6 Å². The first-order chi connectivity index (χ1) is 17.4. The molecule has 0 atom stereocenters. The van der Waals surface area contributed by atoms with Crippen LogP contribution >= 0.6 is 11.3 Å². The van der Waals surface area contributed by atoms with Gasteiger partial charge in [0.05, 0.1) is 28.9 Å². The Hall–Kier alpha value is -3.34. The van der Waals surface area contributed by atoms with Crippen LogP contribution < -0.4 is 9.64 Å². The van der Waals surface area contributed by atoms with Gasteiger partial charge < -0.3 is 4.74 Å². The molecule has 36 heavy (non-hydrogen) atoms. The molecule has 0 saturated carbocycles. The number of carbonyl (C=O) groups is 1. The second kappa shape index (κ2) is 9.96. The van der Waals surface area contributed by atoms with Crippen molar-refractivity contribution in [3.8, 4) is 5.75 Å². The van der Waals surface area contributed by atoms with E-state index >= 15 is 0 Å². The lowest BCUT2D eigenvalue weighted by Crippen LogP contribution is -2.31. The minimum absolute atomic E-state index is 0.192. The van der Waals surface area contributed by atoms with E-state index < -0.39 is 10.0 Å². The van der Waals surface area contributed by atoms with Crippen molar-refractivity contribution in [1.82, 2.24) is 14.3 Å². The number of hydrogen-bond acceptors (Lipinski definition) is 7. The molecule has 1 aliphatic heterocycles. The van der Waals surface area contributed by atoms with Crippen LogP contribution in [0.3, 0.4) is 0 Å². The van der Waals surface area contributed by atoms with Gasteiger partial charge in [-0.3, -0.25) is 14.7 Å². The van der Waals surface area contributed by atoms with Crippen LogP contribution in [0.5, 0.6) is 5.75 Å². The zero-order valence-corrected chi connectivity index (χ0v) is 21.7. The van der Waals surface area contributed by atoms with Gasteiger partial charge in [0.25, 0.3) is 5.91 Å². The molecule has 3 heterocycles. The molecule has 2 aromatic heterocycles. The molecule has 0 unspecified atom stereocenters. The number of carbonyl (C=O) groups excluding carboxylic acids is 1. The smallest absolute Gasteiger partial charge is 0.260 e. The Labute approximate surface area is 214 Å². The summed E-state index contributed by atoms with van der Waals surface area (Å²) in [5.41, 5.74) is 2.82. The largest absolute Gasteiger partial charge is 0.494 e. The van der Waals surface area contributed by atoms with Gasteiger partial charge in [0.15, 0.2) is 5.13 Å². The van der Waals surface area contributed by atoms with Crippen molar-refractivity contribution < 1.29 is 17.9 Å². The molecular weight excluding hydrogens is 496 g/mol. The fourth-order valence-electron chi connectivity index (χ4n) is 4.26. The topological polar surface area (TPSA) is 92.7 Å². The predicted molar refractivity (Wildman–Crippen MR) is 140 cm³/mol. The fourth-order valence-corrected chi connectivity index (χ4v) is 6.83. The molecule has 0 radical (unpaired) electrons. The van der Waals surface area contributed by atoms with Gasteiger partial charge in [0.1, 0.15) is 11.3 Å². The molecule has 2 aromatic carbocycles. The van der Waals surface area contributed by atoms with Crippen LogP contribution in [0.1, 0.15) is 34.5 Å². The van der Waals surface area contributed by atoms with Crippen molar-refractivity contribution >= 4 is 42.6 Å². The van der Waals surface area contributed by atoms with Crippen LogP contribution in [0.25, 0.3) is 10.2 Å². The Morgan fingerprint density at radius 2 is 1.83 bits per heavy atom. The summed E-state index contributed by atoms with van der Waals surface area (Å²) in [6, 6.07) is 15.5. The summed E-state index contributed by atoms with van der Waals surface area (Å²) in [7, 11) is -1.96. The first-order valence-electron chi connectivity index (χ1n) is 11.6. The second-order valence-electron chi connectivity index (χ2n) is 8.61. The molecule has 186 valence electrons. The summed E-state index contributed by atoms with van der Waals surface area (Å²) >= 11 is 1.41. The number of sulfonamides is 1. The molecule has 0 aliphatic carbocycles. The van der Waals surface area contributed by atoms with Gasteiger partial charge >= 0.3 is 0 Å². The molecule has 10 heteroatoms. The van der Waals surface area contributed by atoms with Crippen LogP contribution in [0, 0.1) is 6.92 Å². The second-order valence-corrected chi connectivity index (χ2v) is 11.5. The van der Waals surface area contributed by atoms with Crippen molar-refractivity contribution in [2.75, 3.05) is 25.1 Å². The molecule has 0 bridgehead atoms. The maximum Gasteiger partial charge on any atom is 0.260 e. The van der Waals surface area contributed by atoms with Gasteiger partial charge in [0.2, 0.25) is 10.0 Å². The number of fused-ring (bicyclic) bond motifs is 1. The van der Waals surface area contributed by atoms with Crippen LogP contribution in [0.15, 0.2) is 65.7 Å². The maximum atomic E-state index is 13.8. The lowest BCUT2D eigenvalue weighted by Gasteiger charge is -2.20. The van der Waals surface area contributed by atoms with E-state index in [1.54, 1.807) is 30.3 Å². The minimum Gasteiger partial charge on any atom is -0.494 e. The van der Waals surface area contributed by atoms with Crippen molar-refractivity contribution in [2.24, 2.45) is 0 Å². The SMILES string of the molecule is COc1ccc(C)c2sc(N(Cc3ccccn3)C(=O)c3ccc(S(=O)(=O)N4CCCC4)cc3)nc12. The summed E-state index contributed by atoms with van der Waals surface area (Å²) in [5.74, 6) is 0.348. The highest BCUT2D eigenvalue weighted by atomic mass is 32.2. The molecule has 5 rings (SSSR count). The minimum atomic E-state index is -3.56. The molecule has 0 spiro atoms. The Morgan fingerprint density at radius 1 is 1.08 bits per heavy atom. The van der Waals surface area contributed by atoms with Gasteiger partial charge in [-0.05, 0) is 67.8 Å². The third kappa shape index (κ3) is 4.59. The van der Waals surface area contributed by atoms with Crippen molar-refractivity contribution in [2.45, 2.75) is 31.2 Å². The molecule has 4 aromatic rings. The Morgan fingerprint density at radius 3 is 2.50 bits per heavy atom. The van der Waals surface area contributed by atoms with Gasteiger partial charge in [-0.2, -0.15) is 4.31 Å². The highest BCUT2D eigenvalue weighted by molar-refractivity contribution is 7.89. The summed E-state index contributed by atoms with van der Waals surface area (Å²) in [6.45, 7) is 3.27. The molecular formula is C26H26N4O4S2. The number of methoxy groups -OCH3 is 1. The van der Waals surface area contributed by atoms with E-state index in [4.69, 9.17) is 9.72 Å². The standard InChI is InChI=1S/C26H26N4O4S2/c1-18-8-13-22(34-2)23-24(18)35-26(28-23)30(17-20-7-3-4-14-27-20)25(31)19-9-11-21(12-10-19)36(32,33)29-15-5-6-16-29/h3-4,7-14H,5-6,15-17H2,1-2H3. The van der Waals surface area contributed by atoms with Crippen molar-refractivity contribution in [1.29, 1.82) is 0 Å². The van der Waals surface area contributed by atoms with Gasteiger partial charge in [-0.15, -0.1) is 0 Å². The van der Waals surface area contributed by atoms with Gasteiger partial charge in [0, 0.05) is 24.8 Å². The number of anilines is 1. The Kier molecular flexibility index (Phi) is 6.74. The highest BCUT2D eigenvalue weighted by Crippen LogP contribution is 2.37. The number of hydrogen-bond donors (Lipinski definition) is 0.